The second-order valence-electron chi connectivity index (χ2n) is 7.07. The van der Waals surface area contributed by atoms with Gasteiger partial charge >= 0.3 is 0 Å². The van der Waals surface area contributed by atoms with Crippen LogP contribution in [0.3, 0.4) is 0 Å². The Bertz CT molecular complexity index is 869. The fourth-order valence-electron chi connectivity index (χ4n) is 3.31. The van der Waals surface area contributed by atoms with Crippen molar-refractivity contribution < 1.29 is 18.3 Å². The molecule has 1 aliphatic heterocycles. The fraction of sp³-hybridized carbons (Fsp3) is 0.364. The lowest BCUT2D eigenvalue weighted by molar-refractivity contribution is -0.121. The molecule has 0 aromatic heterocycles. The molecule has 8 heteroatoms. The molecular weight excluding hydrogens is 390 g/mol. The van der Waals surface area contributed by atoms with Gasteiger partial charge in [-0.3, -0.25) is 9.69 Å². The molecule has 1 aliphatic rings. The molecule has 2 aromatic rings. The number of para-hydroxylation sites is 1. The molecule has 0 spiro atoms. The number of nitrogens with zero attached hydrogens (tertiary/aromatic N) is 3. The van der Waals surface area contributed by atoms with Crippen molar-refractivity contribution in [3.8, 4) is 0 Å². The molecule has 6 nitrogen and oxygen atoms in total. The normalized spacial score (nSPS) is 15.3. The molecule has 3 rings (SSSR count). The highest BCUT2D eigenvalue weighted by molar-refractivity contribution is 6.02. The van der Waals surface area contributed by atoms with Crippen LogP contribution in [0.2, 0.25) is 0 Å². The molecule has 1 fully saturated rings. The Morgan fingerprint density at radius 1 is 1.07 bits per heavy atom. The van der Waals surface area contributed by atoms with Gasteiger partial charge in [0.05, 0.1) is 12.3 Å². The maximum atomic E-state index is 13.5. The summed E-state index contributed by atoms with van der Waals surface area (Å²) in [4.78, 5) is 16.8. The van der Waals surface area contributed by atoms with Crippen LogP contribution in [0.25, 0.3) is 0 Å². The molecule has 30 heavy (non-hydrogen) atoms. The van der Waals surface area contributed by atoms with E-state index in [4.69, 9.17) is 4.74 Å². The molecule has 1 heterocycles. The van der Waals surface area contributed by atoms with Crippen LogP contribution in [0.5, 0.6) is 0 Å². The SMILES string of the molecule is COCC(=NNC(=O)CCN1CCN(c2ccccc2)CC1)c1ccc(F)c(F)c1. The Morgan fingerprint density at radius 2 is 1.80 bits per heavy atom. The van der Waals surface area contributed by atoms with Gasteiger partial charge in [-0.05, 0) is 30.3 Å². The van der Waals surface area contributed by atoms with Crippen molar-refractivity contribution in [2.24, 2.45) is 5.10 Å². The zero-order valence-corrected chi connectivity index (χ0v) is 17.0. The Hall–Kier alpha value is -2.84. The van der Waals surface area contributed by atoms with E-state index in [1.807, 2.05) is 18.2 Å². The number of carbonyl (C=O) groups excluding carboxylic acids is 1. The standard InChI is InChI=1S/C22H26F2N4O2/c1-30-16-21(17-7-8-19(23)20(24)15-17)25-26-22(29)9-10-27-11-13-28(14-12-27)18-5-3-2-4-6-18/h2-8,15H,9-14,16H2,1H3,(H,26,29). The van der Waals surface area contributed by atoms with Crippen molar-refractivity contribution in [2.75, 3.05) is 51.3 Å². The van der Waals surface area contributed by atoms with Crippen molar-refractivity contribution in [3.05, 3.63) is 65.7 Å². The first-order valence-electron chi connectivity index (χ1n) is 9.89. The number of hydrazone groups is 1. The number of piperazine rings is 1. The molecule has 0 radical (unpaired) electrons. The second kappa shape index (κ2) is 10.8. The van der Waals surface area contributed by atoms with E-state index < -0.39 is 11.6 Å². The number of halogens is 2. The summed E-state index contributed by atoms with van der Waals surface area (Å²) in [5, 5.41) is 4.05. The van der Waals surface area contributed by atoms with Crippen LogP contribution in [-0.4, -0.2) is 63.0 Å². The highest BCUT2D eigenvalue weighted by Gasteiger charge is 2.17. The molecule has 0 unspecified atom stereocenters. The number of nitrogens with one attached hydrogen (secondary N) is 1. The van der Waals surface area contributed by atoms with Crippen molar-refractivity contribution >= 4 is 17.3 Å². The lowest BCUT2D eigenvalue weighted by Crippen LogP contribution is -2.47. The van der Waals surface area contributed by atoms with Crippen LogP contribution < -0.4 is 10.3 Å². The first-order chi connectivity index (χ1) is 14.6. The number of ether oxygens (including phenoxy) is 1. The third kappa shape index (κ3) is 6.08. The first-order valence-corrected chi connectivity index (χ1v) is 9.89. The van der Waals surface area contributed by atoms with E-state index >= 15 is 0 Å². The van der Waals surface area contributed by atoms with E-state index in [0.29, 0.717) is 24.2 Å². The maximum Gasteiger partial charge on any atom is 0.241 e. The molecule has 1 saturated heterocycles. The molecule has 1 N–H and O–H groups in total. The van der Waals surface area contributed by atoms with Gasteiger partial charge in [0.2, 0.25) is 5.91 Å². The molecule has 2 aromatic carbocycles. The zero-order chi connectivity index (χ0) is 21.3. The van der Waals surface area contributed by atoms with E-state index in [1.54, 1.807) is 0 Å². The Kier molecular flexibility index (Phi) is 7.87. The number of benzene rings is 2. The van der Waals surface area contributed by atoms with Crippen molar-refractivity contribution in [3.63, 3.8) is 0 Å². The molecule has 0 atom stereocenters. The van der Waals surface area contributed by atoms with Crippen molar-refractivity contribution in [1.82, 2.24) is 10.3 Å². The van der Waals surface area contributed by atoms with Gasteiger partial charge in [-0.15, -0.1) is 0 Å². The molecule has 160 valence electrons. The van der Waals surface area contributed by atoms with Crippen molar-refractivity contribution in [2.45, 2.75) is 6.42 Å². The molecule has 0 bridgehead atoms. The predicted molar refractivity (Wildman–Crippen MR) is 113 cm³/mol. The quantitative estimate of drug-likeness (QED) is 0.531. The summed E-state index contributed by atoms with van der Waals surface area (Å²) in [5.41, 5.74) is 4.38. The second-order valence-corrected chi connectivity index (χ2v) is 7.07. The number of hydrogen-bond acceptors (Lipinski definition) is 5. The lowest BCUT2D eigenvalue weighted by Gasteiger charge is -2.36. The number of methoxy groups -OCH3 is 1. The molecular formula is C22H26F2N4O2. The Balaban J connectivity index is 1.47. The molecule has 1 amide bonds. The van der Waals surface area contributed by atoms with Gasteiger partial charge < -0.3 is 9.64 Å². The fourth-order valence-corrected chi connectivity index (χ4v) is 3.31. The first kappa shape index (κ1) is 21.9. The minimum atomic E-state index is -0.975. The van der Waals surface area contributed by atoms with E-state index in [1.165, 1.54) is 18.9 Å². The highest BCUT2D eigenvalue weighted by Crippen LogP contribution is 2.15. The highest BCUT2D eigenvalue weighted by atomic mass is 19.2. The number of rotatable bonds is 8. The van der Waals surface area contributed by atoms with Gasteiger partial charge in [-0.1, -0.05) is 18.2 Å². The summed E-state index contributed by atoms with van der Waals surface area (Å²) in [6.07, 6.45) is 0.298. The van der Waals surface area contributed by atoms with E-state index in [0.717, 1.165) is 38.3 Å². The minimum Gasteiger partial charge on any atom is -0.378 e. The Morgan fingerprint density at radius 3 is 2.47 bits per heavy atom. The average molecular weight is 416 g/mol. The monoisotopic (exact) mass is 416 g/mol. The van der Waals surface area contributed by atoms with Crippen molar-refractivity contribution in [1.29, 1.82) is 0 Å². The summed E-state index contributed by atoms with van der Waals surface area (Å²) < 4.78 is 31.7. The number of hydrogen-bond donors (Lipinski definition) is 1. The van der Waals surface area contributed by atoms with Gasteiger partial charge in [-0.2, -0.15) is 5.10 Å². The van der Waals surface area contributed by atoms with Gasteiger partial charge in [0.15, 0.2) is 11.6 Å². The van der Waals surface area contributed by atoms with Gasteiger partial charge in [0.25, 0.3) is 0 Å². The summed E-state index contributed by atoms with van der Waals surface area (Å²) in [7, 11) is 1.46. The lowest BCUT2D eigenvalue weighted by atomic mass is 10.1. The van der Waals surface area contributed by atoms with Gasteiger partial charge in [0.1, 0.15) is 0 Å². The smallest absolute Gasteiger partial charge is 0.241 e. The van der Waals surface area contributed by atoms with Gasteiger partial charge in [0, 0.05) is 57.5 Å². The number of anilines is 1. The van der Waals surface area contributed by atoms with Crippen LogP contribution in [0.1, 0.15) is 12.0 Å². The maximum absolute atomic E-state index is 13.5. The average Bonchev–Trinajstić information content (AvgIpc) is 2.78. The summed E-state index contributed by atoms with van der Waals surface area (Å²) in [6.45, 7) is 4.29. The third-order valence-corrected chi connectivity index (χ3v) is 5.00. The van der Waals surface area contributed by atoms with E-state index in [9.17, 15) is 13.6 Å². The molecule has 0 saturated carbocycles. The minimum absolute atomic E-state index is 0.0623. The molecule has 0 aliphatic carbocycles. The van der Waals surface area contributed by atoms with Crippen LogP contribution in [-0.2, 0) is 9.53 Å². The van der Waals surface area contributed by atoms with Gasteiger partial charge in [-0.25, -0.2) is 14.2 Å². The number of amides is 1. The predicted octanol–water partition coefficient (Wildman–Crippen LogP) is 2.64. The van der Waals surface area contributed by atoms with Crippen LogP contribution in [0.15, 0.2) is 53.6 Å². The summed E-state index contributed by atoms with van der Waals surface area (Å²) in [5.74, 6) is -2.15. The summed E-state index contributed by atoms with van der Waals surface area (Å²) >= 11 is 0. The van der Waals surface area contributed by atoms with Crippen LogP contribution >= 0.6 is 0 Å². The zero-order valence-electron chi connectivity index (χ0n) is 17.0. The third-order valence-electron chi connectivity index (χ3n) is 5.00. The Labute approximate surface area is 175 Å². The van der Waals surface area contributed by atoms with Crippen LogP contribution in [0, 0.1) is 11.6 Å². The summed E-state index contributed by atoms with van der Waals surface area (Å²) in [6, 6.07) is 13.7. The largest absolute Gasteiger partial charge is 0.378 e. The van der Waals surface area contributed by atoms with E-state index in [2.05, 4.69) is 32.5 Å². The van der Waals surface area contributed by atoms with Crippen LogP contribution in [0.4, 0.5) is 14.5 Å². The number of carbonyl (C=O) groups is 1. The topological polar surface area (TPSA) is 57.2 Å². The van der Waals surface area contributed by atoms with E-state index in [-0.39, 0.29) is 12.5 Å².